The van der Waals surface area contributed by atoms with Crippen LogP contribution in [-0.4, -0.2) is 26.2 Å². The van der Waals surface area contributed by atoms with Gasteiger partial charge in [-0.3, -0.25) is 0 Å². The lowest BCUT2D eigenvalue weighted by atomic mass is 10.2. The fraction of sp³-hybridized carbons (Fsp3) is 0.750. The Balaban J connectivity index is 3.67. The van der Waals surface area contributed by atoms with Crippen LogP contribution in [0.25, 0.3) is 0 Å². The predicted molar refractivity (Wildman–Crippen MR) is 62.8 cm³/mol. The van der Waals surface area contributed by atoms with Crippen molar-refractivity contribution in [2.75, 3.05) is 20.2 Å². The second kappa shape index (κ2) is 9.71. The largest absolute Gasteiger partial charge is 0.466 e. The molecule has 0 radical (unpaired) electrons. The van der Waals surface area contributed by atoms with Crippen molar-refractivity contribution in [3.8, 4) is 0 Å². The summed E-state index contributed by atoms with van der Waals surface area (Å²) in [6.45, 7) is 5.91. The van der Waals surface area contributed by atoms with Crippen molar-refractivity contribution in [3.05, 3.63) is 11.6 Å². The van der Waals surface area contributed by atoms with Gasteiger partial charge in [0.2, 0.25) is 0 Å². The van der Waals surface area contributed by atoms with Gasteiger partial charge in [-0.25, -0.2) is 4.79 Å². The first-order valence-corrected chi connectivity index (χ1v) is 5.74. The highest BCUT2D eigenvalue weighted by Gasteiger charge is 2.05. The van der Waals surface area contributed by atoms with Crippen LogP contribution >= 0.6 is 0 Å². The molecule has 0 bridgehead atoms. The zero-order valence-corrected chi connectivity index (χ0v) is 10.1. The van der Waals surface area contributed by atoms with Gasteiger partial charge in [0.15, 0.2) is 0 Å². The summed E-state index contributed by atoms with van der Waals surface area (Å²) in [4.78, 5) is 11.2. The number of hydrogen-bond donors (Lipinski definition) is 1. The molecule has 0 aromatic carbocycles. The SMILES string of the molecule is CCCCCNC/C=C(/CC)C(=O)OC. The van der Waals surface area contributed by atoms with E-state index in [1.807, 2.05) is 13.0 Å². The number of rotatable bonds is 8. The van der Waals surface area contributed by atoms with E-state index in [4.69, 9.17) is 0 Å². The van der Waals surface area contributed by atoms with Gasteiger partial charge in [0, 0.05) is 12.1 Å². The monoisotopic (exact) mass is 213 g/mol. The average Bonchev–Trinajstić information content (AvgIpc) is 2.27. The second-order valence-electron chi connectivity index (χ2n) is 3.49. The Hall–Kier alpha value is -0.830. The van der Waals surface area contributed by atoms with E-state index in [0.717, 1.165) is 25.1 Å². The second-order valence-corrected chi connectivity index (χ2v) is 3.49. The number of methoxy groups -OCH3 is 1. The molecule has 0 rings (SSSR count). The quantitative estimate of drug-likeness (QED) is 0.382. The molecule has 15 heavy (non-hydrogen) atoms. The third-order valence-electron chi connectivity index (χ3n) is 2.28. The van der Waals surface area contributed by atoms with Crippen LogP contribution in [0.5, 0.6) is 0 Å². The summed E-state index contributed by atoms with van der Waals surface area (Å²) < 4.78 is 4.66. The molecule has 1 N–H and O–H groups in total. The number of unbranched alkanes of at least 4 members (excludes halogenated alkanes) is 2. The Morgan fingerprint density at radius 2 is 2.07 bits per heavy atom. The van der Waals surface area contributed by atoms with E-state index in [9.17, 15) is 4.79 Å². The van der Waals surface area contributed by atoms with Crippen molar-refractivity contribution in [2.24, 2.45) is 0 Å². The molecule has 3 heteroatoms. The Morgan fingerprint density at radius 3 is 2.60 bits per heavy atom. The molecule has 88 valence electrons. The van der Waals surface area contributed by atoms with Gasteiger partial charge in [-0.1, -0.05) is 32.8 Å². The summed E-state index contributed by atoms with van der Waals surface area (Å²) >= 11 is 0. The first-order valence-electron chi connectivity index (χ1n) is 5.74. The molecular formula is C12H23NO2. The topological polar surface area (TPSA) is 38.3 Å². The van der Waals surface area contributed by atoms with Crippen molar-refractivity contribution in [2.45, 2.75) is 39.5 Å². The summed E-state index contributed by atoms with van der Waals surface area (Å²) in [6, 6.07) is 0. The van der Waals surface area contributed by atoms with Gasteiger partial charge in [0.1, 0.15) is 0 Å². The minimum atomic E-state index is -0.215. The Bertz CT molecular complexity index is 200. The molecule has 0 heterocycles. The number of esters is 1. The van der Waals surface area contributed by atoms with E-state index in [1.165, 1.54) is 26.4 Å². The molecule has 0 saturated carbocycles. The molecule has 0 aliphatic rings. The van der Waals surface area contributed by atoms with Gasteiger partial charge >= 0.3 is 5.97 Å². The van der Waals surface area contributed by atoms with Crippen LogP contribution in [-0.2, 0) is 9.53 Å². The third-order valence-corrected chi connectivity index (χ3v) is 2.28. The normalized spacial score (nSPS) is 11.5. The zero-order chi connectivity index (χ0) is 11.5. The predicted octanol–water partition coefficient (Wildman–Crippen LogP) is 2.28. The Labute approximate surface area is 92.9 Å². The van der Waals surface area contributed by atoms with Gasteiger partial charge < -0.3 is 10.1 Å². The molecule has 3 nitrogen and oxygen atoms in total. The standard InChI is InChI=1S/C12H23NO2/c1-4-6-7-9-13-10-8-11(5-2)12(14)15-3/h8,13H,4-7,9-10H2,1-3H3/b11-8-. The number of carbonyl (C=O) groups is 1. The summed E-state index contributed by atoms with van der Waals surface area (Å²) in [5, 5.41) is 3.28. The lowest BCUT2D eigenvalue weighted by molar-refractivity contribution is -0.136. The van der Waals surface area contributed by atoms with E-state index in [1.54, 1.807) is 0 Å². The van der Waals surface area contributed by atoms with Crippen molar-refractivity contribution in [1.82, 2.24) is 5.32 Å². The van der Waals surface area contributed by atoms with Gasteiger partial charge in [0.25, 0.3) is 0 Å². The van der Waals surface area contributed by atoms with Crippen molar-refractivity contribution < 1.29 is 9.53 Å². The molecule has 0 aromatic heterocycles. The molecule has 0 spiro atoms. The van der Waals surface area contributed by atoms with Gasteiger partial charge in [0.05, 0.1) is 7.11 Å². The smallest absolute Gasteiger partial charge is 0.333 e. The maximum Gasteiger partial charge on any atom is 0.333 e. The number of nitrogens with one attached hydrogen (secondary N) is 1. The summed E-state index contributed by atoms with van der Waals surface area (Å²) in [6.07, 6.45) is 6.33. The Morgan fingerprint density at radius 1 is 1.33 bits per heavy atom. The number of ether oxygens (including phenoxy) is 1. The minimum Gasteiger partial charge on any atom is -0.466 e. The first kappa shape index (κ1) is 14.2. The van der Waals surface area contributed by atoms with Gasteiger partial charge in [-0.15, -0.1) is 0 Å². The molecular weight excluding hydrogens is 190 g/mol. The van der Waals surface area contributed by atoms with Crippen molar-refractivity contribution in [3.63, 3.8) is 0 Å². The van der Waals surface area contributed by atoms with Crippen LogP contribution < -0.4 is 5.32 Å². The molecule has 0 amide bonds. The van der Waals surface area contributed by atoms with Crippen LogP contribution in [0.1, 0.15) is 39.5 Å². The lowest BCUT2D eigenvalue weighted by Crippen LogP contribution is -2.16. The maximum absolute atomic E-state index is 11.2. The van der Waals surface area contributed by atoms with E-state index in [-0.39, 0.29) is 5.97 Å². The molecule has 0 aliphatic heterocycles. The van der Waals surface area contributed by atoms with Gasteiger partial charge in [-0.2, -0.15) is 0 Å². The number of hydrogen-bond acceptors (Lipinski definition) is 3. The van der Waals surface area contributed by atoms with E-state index in [2.05, 4.69) is 17.0 Å². The lowest BCUT2D eigenvalue weighted by Gasteiger charge is -2.03. The molecule has 0 fully saturated rings. The third kappa shape index (κ3) is 7.14. The molecule has 0 aromatic rings. The molecule has 0 saturated heterocycles. The van der Waals surface area contributed by atoms with E-state index >= 15 is 0 Å². The first-order chi connectivity index (χ1) is 7.26. The maximum atomic E-state index is 11.2. The van der Waals surface area contributed by atoms with E-state index < -0.39 is 0 Å². The van der Waals surface area contributed by atoms with Crippen LogP contribution in [0.3, 0.4) is 0 Å². The van der Waals surface area contributed by atoms with E-state index in [0.29, 0.717) is 0 Å². The minimum absolute atomic E-state index is 0.215. The average molecular weight is 213 g/mol. The highest BCUT2D eigenvalue weighted by atomic mass is 16.5. The van der Waals surface area contributed by atoms with Crippen LogP contribution in [0, 0.1) is 0 Å². The molecule has 0 atom stereocenters. The molecule has 0 unspecified atom stereocenters. The number of carbonyl (C=O) groups excluding carboxylic acids is 1. The van der Waals surface area contributed by atoms with Crippen LogP contribution in [0.15, 0.2) is 11.6 Å². The zero-order valence-electron chi connectivity index (χ0n) is 10.1. The van der Waals surface area contributed by atoms with Gasteiger partial charge in [-0.05, 0) is 19.4 Å². The van der Waals surface area contributed by atoms with Crippen LogP contribution in [0.2, 0.25) is 0 Å². The Kier molecular flexibility index (Phi) is 9.18. The van der Waals surface area contributed by atoms with Crippen molar-refractivity contribution in [1.29, 1.82) is 0 Å². The van der Waals surface area contributed by atoms with Crippen LogP contribution in [0.4, 0.5) is 0 Å². The fourth-order valence-corrected chi connectivity index (χ4v) is 1.30. The van der Waals surface area contributed by atoms with Crippen molar-refractivity contribution >= 4 is 5.97 Å². The highest BCUT2D eigenvalue weighted by molar-refractivity contribution is 5.88. The highest BCUT2D eigenvalue weighted by Crippen LogP contribution is 2.01. The molecule has 0 aliphatic carbocycles. The summed E-state index contributed by atoms with van der Waals surface area (Å²) in [7, 11) is 1.42. The fourth-order valence-electron chi connectivity index (χ4n) is 1.30. The summed E-state index contributed by atoms with van der Waals surface area (Å²) in [5.41, 5.74) is 0.750. The summed E-state index contributed by atoms with van der Waals surface area (Å²) in [5.74, 6) is -0.215.